The molecule has 0 bridgehead atoms. The van der Waals surface area contributed by atoms with Crippen molar-refractivity contribution < 1.29 is 4.79 Å². The van der Waals surface area contributed by atoms with Crippen molar-refractivity contribution in [1.82, 2.24) is 4.98 Å². The van der Waals surface area contributed by atoms with Gasteiger partial charge in [-0.05, 0) is 59.0 Å². The first-order chi connectivity index (χ1) is 13.0. The van der Waals surface area contributed by atoms with Crippen LogP contribution >= 0.6 is 57.1 Å². The summed E-state index contributed by atoms with van der Waals surface area (Å²) in [6.07, 6.45) is 0. The maximum Gasteiger partial charge on any atom is 0.256 e. The third kappa shape index (κ3) is 3.82. The van der Waals surface area contributed by atoms with E-state index in [9.17, 15) is 4.79 Å². The van der Waals surface area contributed by atoms with E-state index in [4.69, 9.17) is 23.2 Å². The first-order valence-corrected chi connectivity index (χ1v) is 10.6. The van der Waals surface area contributed by atoms with E-state index in [0.29, 0.717) is 26.9 Å². The Bertz CT molecular complexity index is 1140. The summed E-state index contributed by atoms with van der Waals surface area (Å²) in [7, 11) is 0. The molecule has 0 aliphatic heterocycles. The summed E-state index contributed by atoms with van der Waals surface area (Å²) in [4.78, 5) is 17.5. The van der Waals surface area contributed by atoms with Gasteiger partial charge < -0.3 is 5.32 Å². The summed E-state index contributed by atoms with van der Waals surface area (Å²) >= 11 is 16.3. The molecule has 1 heterocycles. The van der Waals surface area contributed by atoms with Crippen LogP contribution in [0.25, 0.3) is 20.8 Å². The number of rotatable bonds is 3. The van der Waals surface area contributed by atoms with Crippen molar-refractivity contribution >= 4 is 78.9 Å². The zero-order chi connectivity index (χ0) is 19.0. The van der Waals surface area contributed by atoms with Crippen LogP contribution in [0.2, 0.25) is 10.0 Å². The number of thiazole rings is 1. The molecule has 0 aliphatic carbocycles. The highest BCUT2D eigenvalue weighted by Gasteiger charge is 2.18. The number of amides is 1. The van der Waals surface area contributed by atoms with Crippen LogP contribution in [0.15, 0.2) is 60.7 Å². The van der Waals surface area contributed by atoms with Gasteiger partial charge in [-0.15, -0.1) is 11.3 Å². The van der Waals surface area contributed by atoms with E-state index < -0.39 is 0 Å². The number of nitrogens with one attached hydrogen (secondary N) is 1. The van der Waals surface area contributed by atoms with E-state index in [-0.39, 0.29) is 5.91 Å². The zero-order valence-corrected chi connectivity index (χ0v) is 18.2. The lowest BCUT2D eigenvalue weighted by Crippen LogP contribution is -2.14. The number of nitrogens with zero attached hydrogens (tertiary/aromatic N) is 1. The molecule has 0 saturated carbocycles. The number of carbonyl (C=O) groups is 1. The molecule has 1 N–H and O–H groups in total. The van der Waals surface area contributed by atoms with Gasteiger partial charge in [0.25, 0.3) is 5.91 Å². The predicted molar refractivity (Wildman–Crippen MR) is 122 cm³/mol. The molecule has 27 heavy (non-hydrogen) atoms. The summed E-state index contributed by atoms with van der Waals surface area (Å²) in [5.74, 6) is -0.230. The summed E-state index contributed by atoms with van der Waals surface area (Å²) in [5, 5.41) is 4.55. The Balaban J connectivity index is 1.81. The van der Waals surface area contributed by atoms with Crippen LogP contribution in [0, 0.1) is 3.57 Å². The first-order valence-electron chi connectivity index (χ1n) is 7.94. The van der Waals surface area contributed by atoms with Crippen LogP contribution in [0.3, 0.4) is 0 Å². The first kappa shape index (κ1) is 18.7. The molecule has 0 atom stereocenters. The molecule has 1 amide bonds. The van der Waals surface area contributed by atoms with E-state index >= 15 is 0 Å². The van der Waals surface area contributed by atoms with Crippen molar-refractivity contribution in [3.05, 3.63) is 79.8 Å². The van der Waals surface area contributed by atoms with Gasteiger partial charge in [0, 0.05) is 14.2 Å². The van der Waals surface area contributed by atoms with Gasteiger partial charge in [-0.1, -0.05) is 47.5 Å². The highest BCUT2D eigenvalue weighted by atomic mass is 127. The number of carbonyl (C=O) groups excluding carboxylic acids is 1. The van der Waals surface area contributed by atoms with E-state index in [1.54, 1.807) is 18.2 Å². The molecule has 0 aliphatic rings. The minimum atomic E-state index is -0.230. The van der Waals surface area contributed by atoms with E-state index in [1.165, 1.54) is 11.3 Å². The highest BCUT2D eigenvalue weighted by molar-refractivity contribution is 14.1. The normalized spacial score (nSPS) is 10.9. The Morgan fingerprint density at radius 2 is 1.78 bits per heavy atom. The van der Waals surface area contributed by atoms with Crippen LogP contribution in [0.1, 0.15) is 10.4 Å². The maximum absolute atomic E-state index is 12.8. The maximum atomic E-state index is 12.8. The molecule has 134 valence electrons. The van der Waals surface area contributed by atoms with Gasteiger partial charge in [0.05, 0.1) is 26.5 Å². The fourth-order valence-electron chi connectivity index (χ4n) is 2.68. The molecule has 0 spiro atoms. The molecule has 3 nitrogen and oxygen atoms in total. The average molecular weight is 525 g/mol. The predicted octanol–water partition coefficient (Wildman–Crippen LogP) is 7.13. The molecular weight excluding hydrogens is 514 g/mol. The molecule has 1 aromatic heterocycles. The van der Waals surface area contributed by atoms with Gasteiger partial charge >= 0.3 is 0 Å². The number of anilines is 1. The lowest BCUT2D eigenvalue weighted by Gasteiger charge is -2.13. The fourth-order valence-corrected chi connectivity index (χ4v) is 4.84. The van der Waals surface area contributed by atoms with Gasteiger partial charge in [0.1, 0.15) is 5.01 Å². The molecular formula is C20H11Cl2IN2OS. The van der Waals surface area contributed by atoms with Crippen molar-refractivity contribution in [2.24, 2.45) is 0 Å². The van der Waals surface area contributed by atoms with Gasteiger partial charge in [0.2, 0.25) is 0 Å². The summed E-state index contributed by atoms with van der Waals surface area (Å²) in [5.41, 5.74) is 2.68. The minimum absolute atomic E-state index is 0.230. The molecule has 0 saturated heterocycles. The zero-order valence-electron chi connectivity index (χ0n) is 13.7. The van der Waals surface area contributed by atoms with Crippen LogP contribution in [0.5, 0.6) is 0 Å². The second kappa shape index (κ2) is 7.75. The van der Waals surface area contributed by atoms with E-state index in [0.717, 1.165) is 18.8 Å². The third-order valence-corrected chi connectivity index (χ3v) is 6.46. The SMILES string of the molecule is O=C(Nc1c(Cl)cc(Cl)cc1-c1nc2ccccc2s1)c1ccccc1I. The summed E-state index contributed by atoms with van der Waals surface area (Å²) in [6, 6.07) is 18.6. The monoisotopic (exact) mass is 524 g/mol. The lowest BCUT2D eigenvalue weighted by atomic mass is 10.1. The minimum Gasteiger partial charge on any atom is -0.320 e. The smallest absolute Gasteiger partial charge is 0.256 e. The van der Waals surface area contributed by atoms with Crippen molar-refractivity contribution in [3.8, 4) is 10.6 Å². The van der Waals surface area contributed by atoms with Crippen molar-refractivity contribution in [2.75, 3.05) is 5.32 Å². The Morgan fingerprint density at radius 3 is 2.56 bits per heavy atom. The topological polar surface area (TPSA) is 42.0 Å². The molecule has 3 aromatic carbocycles. The van der Waals surface area contributed by atoms with Crippen molar-refractivity contribution in [2.45, 2.75) is 0 Å². The molecule has 0 fully saturated rings. The van der Waals surface area contributed by atoms with E-state index in [1.807, 2.05) is 42.5 Å². The molecule has 4 rings (SSSR count). The van der Waals surface area contributed by atoms with Crippen LogP contribution in [0.4, 0.5) is 5.69 Å². The number of fused-ring (bicyclic) bond motifs is 1. The number of halogens is 3. The molecule has 0 radical (unpaired) electrons. The molecule has 0 unspecified atom stereocenters. The second-order valence-corrected chi connectivity index (χ2v) is 8.77. The van der Waals surface area contributed by atoms with Gasteiger partial charge in [-0.25, -0.2) is 4.98 Å². The fraction of sp³-hybridized carbons (Fsp3) is 0. The van der Waals surface area contributed by atoms with Crippen molar-refractivity contribution in [3.63, 3.8) is 0 Å². The van der Waals surface area contributed by atoms with Crippen LogP contribution in [-0.2, 0) is 0 Å². The Hall–Kier alpha value is -1.67. The van der Waals surface area contributed by atoms with Gasteiger partial charge in [-0.3, -0.25) is 4.79 Å². The Labute approximate surface area is 183 Å². The van der Waals surface area contributed by atoms with Crippen LogP contribution < -0.4 is 5.32 Å². The number of hydrogen-bond acceptors (Lipinski definition) is 3. The third-order valence-electron chi connectivity index (χ3n) is 3.94. The van der Waals surface area contributed by atoms with Gasteiger partial charge in [-0.2, -0.15) is 0 Å². The lowest BCUT2D eigenvalue weighted by molar-refractivity contribution is 0.102. The Kier molecular flexibility index (Phi) is 5.36. The average Bonchev–Trinajstić information content (AvgIpc) is 3.08. The Morgan fingerprint density at radius 1 is 1.04 bits per heavy atom. The molecule has 7 heteroatoms. The highest BCUT2D eigenvalue weighted by Crippen LogP contribution is 2.40. The quantitative estimate of drug-likeness (QED) is 0.290. The number of para-hydroxylation sites is 1. The second-order valence-electron chi connectivity index (χ2n) is 5.73. The van der Waals surface area contributed by atoms with Gasteiger partial charge in [0.15, 0.2) is 0 Å². The number of benzene rings is 3. The van der Waals surface area contributed by atoms with E-state index in [2.05, 4.69) is 32.9 Å². The largest absolute Gasteiger partial charge is 0.320 e. The number of hydrogen-bond donors (Lipinski definition) is 1. The summed E-state index contributed by atoms with van der Waals surface area (Å²) in [6.45, 7) is 0. The number of aromatic nitrogens is 1. The summed E-state index contributed by atoms with van der Waals surface area (Å²) < 4.78 is 1.91. The molecule has 4 aromatic rings. The van der Waals surface area contributed by atoms with Crippen LogP contribution in [-0.4, -0.2) is 10.9 Å². The standard InChI is InChI=1S/C20H11Cl2IN2OS/c21-11-9-13(20-24-16-7-3-4-8-17(16)27-20)18(14(22)10-11)25-19(26)12-5-1-2-6-15(12)23/h1-10H,(H,25,26). The van der Waals surface area contributed by atoms with Crippen molar-refractivity contribution in [1.29, 1.82) is 0 Å².